The Hall–Kier alpha value is -2.89. The summed E-state index contributed by atoms with van der Waals surface area (Å²) in [4.78, 5) is 23.5. The number of carbonyl (C=O) groups excluding carboxylic acids is 1. The predicted octanol–water partition coefficient (Wildman–Crippen LogP) is 5.56. The molecule has 1 aromatic heterocycles. The van der Waals surface area contributed by atoms with Crippen molar-refractivity contribution in [2.24, 2.45) is 5.92 Å². The SMILES string of the molecule is [C-]#[N+]c1ccc(N(C)C2CCC(NC(=O)c3ccc(N4CCC(CN5CCCCC5)CC4)nn3)CC2)cc1Cl. The highest BCUT2D eigenvalue weighted by atomic mass is 35.5. The van der Waals surface area contributed by atoms with Crippen LogP contribution in [-0.2, 0) is 0 Å². The van der Waals surface area contributed by atoms with Crippen LogP contribution in [0.4, 0.5) is 17.2 Å². The molecule has 0 unspecified atom stereocenters. The van der Waals surface area contributed by atoms with Gasteiger partial charge in [0.1, 0.15) is 0 Å². The van der Waals surface area contributed by atoms with Gasteiger partial charge in [-0.15, -0.1) is 10.2 Å². The van der Waals surface area contributed by atoms with Crippen LogP contribution in [-0.4, -0.2) is 72.9 Å². The van der Waals surface area contributed by atoms with Crippen molar-refractivity contribution in [1.29, 1.82) is 0 Å². The Morgan fingerprint density at radius 2 is 1.77 bits per heavy atom. The van der Waals surface area contributed by atoms with Crippen LogP contribution in [0, 0.1) is 12.5 Å². The average Bonchev–Trinajstić information content (AvgIpc) is 2.98. The van der Waals surface area contributed by atoms with Gasteiger partial charge in [0.05, 0.1) is 6.57 Å². The average molecular weight is 550 g/mol. The van der Waals surface area contributed by atoms with E-state index in [-0.39, 0.29) is 11.9 Å². The molecule has 1 aromatic carbocycles. The van der Waals surface area contributed by atoms with E-state index < -0.39 is 0 Å². The van der Waals surface area contributed by atoms with Crippen molar-refractivity contribution in [3.63, 3.8) is 0 Å². The largest absolute Gasteiger partial charge is 0.372 e. The van der Waals surface area contributed by atoms with Crippen LogP contribution >= 0.6 is 11.6 Å². The minimum absolute atomic E-state index is 0.135. The number of rotatable bonds is 7. The van der Waals surface area contributed by atoms with E-state index in [2.05, 4.69) is 42.1 Å². The van der Waals surface area contributed by atoms with E-state index in [0.29, 0.717) is 22.4 Å². The van der Waals surface area contributed by atoms with Gasteiger partial charge in [0.25, 0.3) is 5.91 Å². The number of hydrogen-bond acceptors (Lipinski definition) is 6. The number of nitrogens with one attached hydrogen (secondary N) is 1. The van der Waals surface area contributed by atoms with Crippen molar-refractivity contribution < 1.29 is 4.79 Å². The van der Waals surface area contributed by atoms with Crippen LogP contribution in [0.25, 0.3) is 4.85 Å². The number of halogens is 1. The van der Waals surface area contributed by atoms with Crippen LogP contribution in [0.2, 0.25) is 5.02 Å². The first-order chi connectivity index (χ1) is 19.0. The third kappa shape index (κ3) is 7.01. The number of amides is 1. The lowest BCUT2D eigenvalue weighted by Crippen LogP contribution is -2.43. The summed E-state index contributed by atoms with van der Waals surface area (Å²) in [6.07, 6.45) is 10.2. The maximum Gasteiger partial charge on any atom is 0.272 e. The molecule has 2 saturated heterocycles. The molecule has 3 aliphatic rings. The molecular weight excluding hydrogens is 510 g/mol. The van der Waals surface area contributed by atoms with E-state index >= 15 is 0 Å². The fourth-order valence-corrected chi connectivity index (χ4v) is 6.57. The second-order valence-electron chi connectivity index (χ2n) is 11.4. The second kappa shape index (κ2) is 13.0. The Balaban J connectivity index is 1.06. The fraction of sp³-hybridized carbons (Fsp3) is 0.600. The Morgan fingerprint density at radius 1 is 1.03 bits per heavy atom. The second-order valence-corrected chi connectivity index (χ2v) is 11.8. The summed E-state index contributed by atoms with van der Waals surface area (Å²) < 4.78 is 0. The Morgan fingerprint density at radius 3 is 2.41 bits per heavy atom. The summed E-state index contributed by atoms with van der Waals surface area (Å²) >= 11 is 6.24. The minimum atomic E-state index is -0.146. The molecule has 0 bridgehead atoms. The molecule has 1 amide bonds. The standard InChI is InChI=1S/C30H40ClN7O/c1-32-27-11-10-25(20-26(27)31)36(2)24-8-6-23(7-9-24)33-30(39)28-12-13-29(35-34-28)38-18-14-22(15-19-38)21-37-16-4-3-5-17-37/h10-13,20,22-24H,3-9,14-19,21H2,2H3,(H,33,39). The molecule has 208 valence electrons. The molecule has 5 rings (SSSR count). The number of benzene rings is 1. The molecule has 8 nitrogen and oxygen atoms in total. The molecule has 1 aliphatic carbocycles. The van der Waals surface area contributed by atoms with E-state index in [9.17, 15) is 4.79 Å². The van der Waals surface area contributed by atoms with Crippen LogP contribution < -0.4 is 15.1 Å². The van der Waals surface area contributed by atoms with Gasteiger partial charge < -0.3 is 20.0 Å². The van der Waals surface area contributed by atoms with E-state index in [1.165, 1.54) is 51.7 Å². The molecule has 3 heterocycles. The first kappa shape index (κ1) is 27.7. The third-order valence-corrected chi connectivity index (χ3v) is 9.13. The number of likely N-dealkylation sites (tertiary alicyclic amines) is 1. The number of aromatic nitrogens is 2. The van der Waals surface area contributed by atoms with Gasteiger partial charge in [0.15, 0.2) is 11.5 Å². The maximum atomic E-state index is 12.9. The van der Waals surface area contributed by atoms with Crippen molar-refractivity contribution in [2.75, 3.05) is 49.6 Å². The number of hydrogen-bond donors (Lipinski definition) is 1. The lowest BCUT2D eigenvalue weighted by atomic mass is 9.90. The Kier molecular flexibility index (Phi) is 9.21. The number of piperidine rings is 2. The topological polar surface area (TPSA) is 69.0 Å². The van der Waals surface area contributed by atoms with Gasteiger partial charge in [-0.05, 0) is 94.6 Å². The highest BCUT2D eigenvalue weighted by Crippen LogP contribution is 2.32. The third-order valence-electron chi connectivity index (χ3n) is 8.83. The summed E-state index contributed by atoms with van der Waals surface area (Å²) in [5, 5.41) is 12.4. The molecular formula is C30H40ClN7O. The van der Waals surface area contributed by atoms with E-state index in [4.69, 9.17) is 18.2 Å². The van der Waals surface area contributed by atoms with Gasteiger partial charge in [0, 0.05) is 49.5 Å². The van der Waals surface area contributed by atoms with Gasteiger partial charge in [-0.25, -0.2) is 4.85 Å². The van der Waals surface area contributed by atoms with Crippen molar-refractivity contribution in [1.82, 2.24) is 20.4 Å². The normalized spacial score (nSPS) is 22.7. The first-order valence-electron chi connectivity index (χ1n) is 14.5. The van der Waals surface area contributed by atoms with Gasteiger partial charge >= 0.3 is 0 Å². The van der Waals surface area contributed by atoms with E-state index in [1.807, 2.05) is 24.3 Å². The molecule has 2 aromatic rings. The quantitative estimate of drug-likeness (QED) is 0.456. The molecule has 3 fully saturated rings. The highest BCUT2D eigenvalue weighted by Gasteiger charge is 2.27. The molecule has 1 N–H and O–H groups in total. The minimum Gasteiger partial charge on any atom is -0.372 e. The lowest BCUT2D eigenvalue weighted by molar-refractivity contribution is 0.0919. The number of anilines is 2. The van der Waals surface area contributed by atoms with Crippen LogP contribution in [0.5, 0.6) is 0 Å². The van der Waals surface area contributed by atoms with Crippen molar-refractivity contribution in [3.05, 3.63) is 52.5 Å². The summed E-state index contributed by atoms with van der Waals surface area (Å²) in [5.74, 6) is 1.50. The molecule has 2 aliphatic heterocycles. The van der Waals surface area contributed by atoms with Crippen molar-refractivity contribution in [2.45, 2.75) is 69.9 Å². The van der Waals surface area contributed by atoms with E-state index in [1.54, 1.807) is 6.07 Å². The van der Waals surface area contributed by atoms with E-state index in [0.717, 1.165) is 56.2 Å². The number of nitrogens with zero attached hydrogens (tertiary/aromatic N) is 6. The monoisotopic (exact) mass is 549 g/mol. The lowest BCUT2D eigenvalue weighted by Gasteiger charge is -2.36. The highest BCUT2D eigenvalue weighted by molar-refractivity contribution is 6.33. The predicted molar refractivity (Wildman–Crippen MR) is 157 cm³/mol. The smallest absolute Gasteiger partial charge is 0.272 e. The van der Waals surface area contributed by atoms with Crippen LogP contribution in [0.15, 0.2) is 30.3 Å². The summed E-state index contributed by atoms with van der Waals surface area (Å²) in [5.41, 5.74) is 1.87. The van der Waals surface area contributed by atoms with Crippen molar-refractivity contribution in [3.8, 4) is 0 Å². The van der Waals surface area contributed by atoms with Gasteiger partial charge in [-0.1, -0.05) is 24.1 Å². The zero-order chi connectivity index (χ0) is 27.2. The van der Waals surface area contributed by atoms with Gasteiger partial charge in [-0.2, -0.15) is 0 Å². The van der Waals surface area contributed by atoms with Crippen molar-refractivity contribution >= 4 is 34.7 Å². The molecule has 9 heteroatoms. The zero-order valence-electron chi connectivity index (χ0n) is 23.0. The molecule has 39 heavy (non-hydrogen) atoms. The molecule has 0 radical (unpaired) electrons. The Bertz CT molecular complexity index is 1140. The summed E-state index contributed by atoms with van der Waals surface area (Å²) in [6.45, 7) is 13.0. The fourth-order valence-electron chi connectivity index (χ4n) is 6.35. The molecule has 0 atom stereocenters. The Labute approximate surface area is 237 Å². The summed E-state index contributed by atoms with van der Waals surface area (Å²) in [7, 11) is 2.07. The first-order valence-corrected chi connectivity index (χ1v) is 14.9. The van der Waals surface area contributed by atoms with Crippen LogP contribution in [0.3, 0.4) is 0 Å². The van der Waals surface area contributed by atoms with Crippen LogP contribution in [0.1, 0.15) is 68.3 Å². The summed E-state index contributed by atoms with van der Waals surface area (Å²) in [6, 6.07) is 9.86. The molecule has 0 spiro atoms. The number of carbonyl (C=O) groups is 1. The molecule has 1 saturated carbocycles. The van der Waals surface area contributed by atoms with Gasteiger partial charge in [-0.3, -0.25) is 4.79 Å². The maximum absolute atomic E-state index is 12.9. The zero-order valence-corrected chi connectivity index (χ0v) is 23.7. The van der Waals surface area contributed by atoms with Gasteiger partial charge in [0.2, 0.25) is 5.69 Å².